The van der Waals surface area contributed by atoms with Crippen LogP contribution in [0.5, 0.6) is 0 Å². The number of aromatic nitrogens is 1. The van der Waals surface area contributed by atoms with E-state index in [0.29, 0.717) is 0 Å². The molecule has 1 heterocycles. The molecular weight excluding hydrogens is 136 g/mol. The minimum Gasteiger partial charge on any atom is -0.259 e. The fraction of sp³-hybridized carbons (Fsp3) is 0.111. The van der Waals surface area contributed by atoms with Gasteiger partial charge in [0.1, 0.15) is 0 Å². The maximum atomic E-state index is 4.12. The molecule has 0 aliphatic carbocycles. The minimum absolute atomic E-state index is 0.896. The zero-order valence-electron chi connectivity index (χ0n) is 6.49. The highest BCUT2D eigenvalue weighted by Crippen LogP contribution is 2.13. The predicted octanol–water partition coefficient (Wildman–Crippen LogP) is 2.28. The first-order valence-corrected chi connectivity index (χ1v) is 3.41. The standard InChI is InChI=1S/C9H10N2/c1-3-6-11-9-5-4-7-10-8(9)2/h3-7H,1H2,2H3. The van der Waals surface area contributed by atoms with E-state index in [0.717, 1.165) is 11.4 Å². The van der Waals surface area contributed by atoms with E-state index in [9.17, 15) is 0 Å². The topological polar surface area (TPSA) is 25.2 Å². The van der Waals surface area contributed by atoms with Crippen LogP contribution in [0.1, 0.15) is 5.69 Å². The molecule has 0 amide bonds. The van der Waals surface area contributed by atoms with Crippen molar-refractivity contribution >= 4 is 11.9 Å². The van der Waals surface area contributed by atoms with Crippen LogP contribution in [-0.2, 0) is 0 Å². The summed E-state index contributed by atoms with van der Waals surface area (Å²) in [7, 11) is 0. The number of hydrogen-bond donors (Lipinski definition) is 0. The molecule has 0 N–H and O–H groups in total. The molecule has 56 valence electrons. The second-order valence-corrected chi connectivity index (χ2v) is 2.12. The van der Waals surface area contributed by atoms with Crippen LogP contribution in [0.15, 0.2) is 36.0 Å². The second kappa shape index (κ2) is 3.66. The lowest BCUT2D eigenvalue weighted by Gasteiger charge is -1.94. The summed E-state index contributed by atoms with van der Waals surface area (Å²) in [6.45, 7) is 5.46. The van der Waals surface area contributed by atoms with Crippen LogP contribution >= 0.6 is 0 Å². The molecule has 0 aromatic carbocycles. The average Bonchev–Trinajstić information content (AvgIpc) is 2.03. The summed E-state index contributed by atoms with van der Waals surface area (Å²) in [5.74, 6) is 0. The highest BCUT2D eigenvalue weighted by molar-refractivity contribution is 5.73. The Morgan fingerprint density at radius 3 is 3.09 bits per heavy atom. The molecule has 2 heteroatoms. The first kappa shape index (κ1) is 7.66. The van der Waals surface area contributed by atoms with E-state index in [1.54, 1.807) is 18.5 Å². The maximum absolute atomic E-state index is 4.12. The third-order valence-electron chi connectivity index (χ3n) is 1.30. The van der Waals surface area contributed by atoms with Gasteiger partial charge < -0.3 is 0 Å². The summed E-state index contributed by atoms with van der Waals surface area (Å²) in [6.07, 6.45) is 5.05. The summed E-state index contributed by atoms with van der Waals surface area (Å²) in [5.41, 5.74) is 1.83. The van der Waals surface area contributed by atoms with Crippen molar-refractivity contribution in [2.24, 2.45) is 4.99 Å². The Kier molecular flexibility index (Phi) is 2.55. The Bertz CT molecular complexity index is 277. The molecule has 0 unspecified atom stereocenters. The quantitative estimate of drug-likeness (QED) is 0.587. The van der Waals surface area contributed by atoms with Crippen LogP contribution in [0, 0.1) is 6.92 Å². The second-order valence-electron chi connectivity index (χ2n) is 2.12. The van der Waals surface area contributed by atoms with Crippen LogP contribution < -0.4 is 0 Å². The molecule has 0 aliphatic rings. The average molecular weight is 146 g/mol. The molecule has 0 bridgehead atoms. The minimum atomic E-state index is 0.896. The van der Waals surface area contributed by atoms with E-state index in [4.69, 9.17) is 0 Å². The van der Waals surface area contributed by atoms with E-state index in [1.165, 1.54) is 0 Å². The normalized spacial score (nSPS) is 10.3. The van der Waals surface area contributed by atoms with Crippen molar-refractivity contribution in [2.45, 2.75) is 6.92 Å². The summed E-state index contributed by atoms with van der Waals surface area (Å²) >= 11 is 0. The van der Waals surface area contributed by atoms with E-state index in [2.05, 4.69) is 16.6 Å². The van der Waals surface area contributed by atoms with Crippen molar-refractivity contribution in [1.82, 2.24) is 4.98 Å². The first-order chi connectivity index (χ1) is 5.34. The summed E-state index contributed by atoms with van der Waals surface area (Å²) < 4.78 is 0. The molecule has 0 saturated carbocycles. The van der Waals surface area contributed by atoms with Crippen LogP contribution in [0.2, 0.25) is 0 Å². The number of rotatable bonds is 2. The number of aryl methyl sites for hydroxylation is 1. The lowest BCUT2D eigenvalue weighted by atomic mass is 10.3. The Labute approximate surface area is 66.3 Å². The van der Waals surface area contributed by atoms with Crippen molar-refractivity contribution < 1.29 is 0 Å². The van der Waals surface area contributed by atoms with Gasteiger partial charge in [-0.2, -0.15) is 0 Å². The largest absolute Gasteiger partial charge is 0.259 e. The molecule has 0 radical (unpaired) electrons. The van der Waals surface area contributed by atoms with Gasteiger partial charge in [0.25, 0.3) is 0 Å². The van der Waals surface area contributed by atoms with Gasteiger partial charge in [0.2, 0.25) is 0 Å². The van der Waals surface area contributed by atoms with Crippen LogP contribution in [0.4, 0.5) is 5.69 Å². The van der Waals surface area contributed by atoms with Crippen LogP contribution in [0.25, 0.3) is 0 Å². The van der Waals surface area contributed by atoms with Gasteiger partial charge in [-0.15, -0.1) is 0 Å². The maximum Gasteiger partial charge on any atom is 0.0841 e. The summed E-state index contributed by atoms with van der Waals surface area (Å²) in [6, 6.07) is 3.78. The van der Waals surface area contributed by atoms with E-state index in [1.807, 2.05) is 19.1 Å². The number of pyridine rings is 1. The van der Waals surface area contributed by atoms with Gasteiger partial charge in [-0.25, -0.2) is 0 Å². The molecule has 0 saturated heterocycles. The molecule has 1 rings (SSSR count). The Hall–Kier alpha value is -1.44. The van der Waals surface area contributed by atoms with Crippen molar-refractivity contribution in [3.63, 3.8) is 0 Å². The zero-order valence-corrected chi connectivity index (χ0v) is 6.49. The van der Waals surface area contributed by atoms with Gasteiger partial charge in [0, 0.05) is 12.4 Å². The third kappa shape index (κ3) is 2.00. The molecule has 0 aliphatic heterocycles. The van der Waals surface area contributed by atoms with E-state index in [-0.39, 0.29) is 0 Å². The lowest BCUT2D eigenvalue weighted by molar-refractivity contribution is 1.19. The highest BCUT2D eigenvalue weighted by Gasteiger charge is 1.91. The number of hydrogen-bond acceptors (Lipinski definition) is 2. The van der Waals surface area contributed by atoms with Gasteiger partial charge in [-0.3, -0.25) is 9.98 Å². The predicted molar refractivity (Wildman–Crippen MR) is 47.3 cm³/mol. The molecule has 1 aromatic heterocycles. The molecular formula is C9H10N2. The van der Waals surface area contributed by atoms with E-state index < -0.39 is 0 Å². The van der Waals surface area contributed by atoms with Crippen molar-refractivity contribution in [1.29, 1.82) is 0 Å². The Morgan fingerprint density at radius 2 is 2.45 bits per heavy atom. The van der Waals surface area contributed by atoms with Gasteiger partial charge >= 0.3 is 0 Å². The van der Waals surface area contributed by atoms with Crippen LogP contribution in [-0.4, -0.2) is 11.2 Å². The van der Waals surface area contributed by atoms with Gasteiger partial charge in [0.15, 0.2) is 0 Å². The van der Waals surface area contributed by atoms with Gasteiger partial charge in [-0.1, -0.05) is 12.7 Å². The van der Waals surface area contributed by atoms with Crippen molar-refractivity contribution in [3.05, 3.63) is 36.7 Å². The molecule has 0 spiro atoms. The van der Waals surface area contributed by atoms with E-state index >= 15 is 0 Å². The smallest absolute Gasteiger partial charge is 0.0841 e. The first-order valence-electron chi connectivity index (χ1n) is 3.41. The van der Waals surface area contributed by atoms with Gasteiger partial charge in [-0.05, 0) is 19.1 Å². The number of allylic oxidation sites excluding steroid dienone is 1. The Morgan fingerprint density at radius 1 is 1.64 bits per heavy atom. The summed E-state index contributed by atoms with van der Waals surface area (Å²) in [4.78, 5) is 8.20. The molecule has 1 aromatic rings. The molecule has 0 fully saturated rings. The highest BCUT2D eigenvalue weighted by atomic mass is 14.8. The fourth-order valence-corrected chi connectivity index (χ4v) is 0.745. The van der Waals surface area contributed by atoms with Crippen LogP contribution in [0.3, 0.4) is 0 Å². The third-order valence-corrected chi connectivity index (χ3v) is 1.30. The fourth-order valence-electron chi connectivity index (χ4n) is 0.745. The molecule has 2 nitrogen and oxygen atoms in total. The molecule has 11 heavy (non-hydrogen) atoms. The number of aliphatic imine (C=N–C) groups is 1. The molecule has 0 atom stereocenters. The SMILES string of the molecule is C=CC=Nc1cccnc1C. The van der Waals surface area contributed by atoms with Crippen molar-refractivity contribution in [2.75, 3.05) is 0 Å². The lowest BCUT2D eigenvalue weighted by Crippen LogP contribution is -1.78. The van der Waals surface area contributed by atoms with Gasteiger partial charge in [0.05, 0.1) is 11.4 Å². The Balaban J connectivity index is 2.94. The monoisotopic (exact) mass is 146 g/mol. The number of nitrogens with zero attached hydrogens (tertiary/aromatic N) is 2. The van der Waals surface area contributed by atoms with Crippen molar-refractivity contribution in [3.8, 4) is 0 Å². The summed E-state index contributed by atoms with van der Waals surface area (Å²) in [5, 5.41) is 0. The zero-order chi connectivity index (χ0) is 8.10.